The maximum Gasteiger partial charge on any atom is 0.214 e. The monoisotopic (exact) mass is 241 g/mol. The zero-order chi connectivity index (χ0) is 12.3. The molecular formula is C12H19NO2S. The van der Waals surface area contributed by atoms with E-state index in [1.165, 1.54) is 0 Å². The second-order valence-corrected chi connectivity index (χ2v) is 6.56. The third-order valence-corrected chi connectivity index (χ3v) is 4.54. The lowest BCUT2D eigenvalue weighted by Gasteiger charge is -2.18. The number of benzene rings is 1. The molecule has 90 valence electrons. The molecule has 16 heavy (non-hydrogen) atoms. The van der Waals surface area contributed by atoms with Crippen molar-refractivity contribution < 1.29 is 8.42 Å². The lowest BCUT2D eigenvalue weighted by molar-refractivity contribution is 0.557. The Balaban J connectivity index is 2.89. The molecule has 0 saturated carbocycles. The average molecular weight is 241 g/mol. The van der Waals surface area contributed by atoms with Crippen molar-refractivity contribution in [2.75, 3.05) is 0 Å². The second-order valence-electron chi connectivity index (χ2n) is 4.29. The molecule has 1 N–H and O–H groups in total. The fourth-order valence-electron chi connectivity index (χ4n) is 1.52. The standard InChI is InChI=1S/C12H19NO2S/c1-9(2)16(14,15)13-11(4)12-8-6-5-7-10(12)3/h5-9,11,13H,1-4H3. The van der Waals surface area contributed by atoms with Gasteiger partial charge in [-0.2, -0.15) is 0 Å². The summed E-state index contributed by atoms with van der Waals surface area (Å²) in [5.41, 5.74) is 2.12. The topological polar surface area (TPSA) is 46.2 Å². The molecule has 0 heterocycles. The van der Waals surface area contributed by atoms with Gasteiger partial charge in [-0.1, -0.05) is 24.3 Å². The molecule has 0 amide bonds. The van der Waals surface area contributed by atoms with Crippen molar-refractivity contribution in [1.82, 2.24) is 4.72 Å². The van der Waals surface area contributed by atoms with Gasteiger partial charge in [-0.3, -0.25) is 0 Å². The first-order valence-electron chi connectivity index (χ1n) is 5.41. The normalized spacial score (nSPS) is 14.1. The molecule has 3 nitrogen and oxygen atoms in total. The van der Waals surface area contributed by atoms with Crippen LogP contribution in [0.3, 0.4) is 0 Å². The van der Waals surface area contributed by atoms with Gasteiger partial charge in [0.1, 0.15) is 0 Å². The summed E-state index contributed by atoms with van der Waals surface area (Å²) in [6.07, 6.45) is 0. The highest BCUT2D eigenvalue weighted by Gasteiger charge is 2.19. The summed E-state index contributed by atoms with van der Waals surface area (Å²) in [6.45, 7) is 7.19. The number of aryl methyl sites for hydroxylation is 1. The highest BCUT2D eigenvalue weighted by molar-refractivity contribution is 7.90. The molecule has 0 aliphatic carbocycles. The molecule has 1 atom stereocenters. The summed E-state index contributed by atoms with van der Waals surface area (Å²) in [6, 6.07) is 7.61. The van der Waals surface area contributed by atoms with Gasteiger partial charge in [0, 0.05) is 6.04 Å². The Morgan fingerprint density at radius 2 is 1.69 bits per heavy atom. The van der Waals surface area contributed by atoms with E-state index in [-0.39, 0.29) is 6.04 Å². The van der Waals surface area contributed by atoms with Crippen molar-refractivity contribution in [2.24, 2.45) is 0 Å². The highest BCUT2D eigenvalue weighted by atomic mass is 32.2. The maximum atomic E-state index is 11.7. The van der Waals surface area contributed by atoms with Crippen molar-refractivity contribution in [3.8, 4) is 0 Å². The van der Waals surface area contributed by atoms with E-state index in [4.69, 9.17) is 0 Å². The van der Waals surface area contributed by atoms with Crippen molar-refractivity contribution in [3.63, 3.8) is 0 Å². The molecule has 0 aromatic heterocycles. The number of hydrogen-bond acceptors (Lipinski definition) is 2. The lowest BCUT2D eigenvalue weighted by Crippen LogP contribution is -2.33. The van der Waals surface area contributed by atoms with E-state index in [1.54, 1.807) is 13.8 Å². The van der Waals surface area contributed by atoms with Crippen LogP contribution in [0.15, 0.2) is 24.3 Å². The maximum absolute atomic E-state index is 11.7. The van der Waals surface area contributed by atoms with E-state index in [0.29, 0.717) is 0 Å². The first kappa shape index (κ1) is 13.2. The van der Waals surface area contributed by atoms with Crippen LogP contribution in [-0.2, 0) is 10.0 Å². The fraction of sp³-hybridized carbons (Fsp3) is 0.500. The number of hydrogen-bond donors (Lipinski definition) is 1. The SMILES string of the molecule is Cc1ccccc1C(C)NS(=O)(=O)C(C)C. The summed E-state index contributed by atoms with van der Waals surface area (Å²) < 4.78 is 26.1. The Bertz CT molecular complexity index is 452. The van der Waals surface area contributed by atoms with Crippen LogP contribution in [0.5, 0.6) is 0 Å². The van der Waals surface area contributed by atoms with Gasteiger partial charge in [0.15, 0.2) is 0 Å². The molecule has 0 aliphatic heterocycles. The van der Waals surface area contributed by atoms with E-state index in [1.807, 2.05) is 38.1 Å². The van der Waals surface area contributed by atoms with E-state index in [0.717, 1.165) is 11.1 Å². The van der Waals surface area contributed by atoms with Crippen LogP contribution in [0.1, 0.15) is 37.9 Å². The number of sulfonamides is 1. The Labute approximate surface area is 97.9 Å². The summed E-state index contributed by atoms with van der Waals surface area (Å²) in [7, 11) is -3.21. The van der Waals surface area contributed by atoms with Crippen molar-refractivity contribution in [2.45, 2.75) is 39.0 Å². The molecule has 1 rings (SSSR count). The average Bonchev–Trinajstić information content (AvgIpc) is 2.17. The third kappa shape index (κ3) is 3.06. The van der Waals surface area contributed by atoms with Gasteiger partial charge in [-0.05, 0) is 38.8 Å². The van der Waals surface area contributed by atoms with Crippen LogP contribution < -0.4 is 4.72 Å². The van der Waals surface area contributed by atoms with Crippen LogP contribution in [0.4, 0.5) is 0 Å². The minimum atomic E-state index is -3.21. The summed E-state index contributed by atoms with van der Waals surface area (Å²) in [4.78, 5) is 0. The molecule has 0 radical (unpaired) electrons. The first-order valence-corrected chi connectivity index (χ1v) is 6.96. The Morgan fingerprint density at radius 3 is 2.19 bits per heavy atom. The molecule has 0 saturated heterocycles. The zero-order valence-corrected chi connectivity index (χ0v) is 11.0. The van der Waals surface area contributed by atoms with Gasteiger partial charge in [0.25, 0.3) is 0 Å². The summed E-state index contributed by atoms with van der Waals surface area (Å²) >= 11 is 0. The molecule has 4 heteroatoms. The van der Waals surface area contributed by atoms with Crippen LogP contribution in [0.25, 0.3) is 0 Å². The van der Waals surface area contributed by atoms with E-state index >= 15 is 0 Å². The smallest absolute Gasteiger partial charge is 0.212 e. The predicted octanol–water partition coefficient (Wildman–Crippen LogP) is 2.38. The quantitative estimate of drug-likeness (QED) is 0.879. The lowest BCUT2D eigenvalue weighted by atomic mass is 10.0. The molecule has 1 unspecified atom stereocenters. The van der Waals surface area contributed by atoms with E-state index in [9.17, 15) is 8.42 Å². The number of rotatable bonds is 4. The van der Waals surface area contributed by atoms with Gasteiger partial charge < -0.3 is 0 Å². The van der Waals surface area contributed by atoms with Crippen molar-refractivity contribution in [3.05, 3.63) is 35.4 Å². The number of nitrogens with one attached hydrogen (secondary N) is 1. The summed E-state index contributed by atoms with van der Waals surface area (Å²) in [5, 5.41) is -0.404. The van der Waals surface area contributed by atoms with E-state index < -0.39 is 15.3 Å². The summed E-state index contributed by atoms with van der Waals surface area (Å²) in [5.74, 6) is 0. The Hall–Kier alpha value is -0.870. The zero-order valence-electron chi connectivity index (χ0n) is 10.2. The van der Waals surface area contributed by atoms with Gasteiger partial charge in [0.05, 0.1) is 5.25 Å². The van der Waals surface area contributed by atoms with Crippen molar-refractivity contribution >= 4 is 10.0 Å². The molecule has 1 aromatic rings. The van der Waals surface area contributed by atoms with Crippen molar-refractivity contribution in [1.29, 1.82) is 0 Å². The van der Waals surface area contributed by atoms with Gasteiger partial charge in [0.2, 0.25) is 10.0 Å². The first-order chi connectivity index (χ1) is 7.34. The predicted molar refractivity (Wildman–Crippen MR) is 66.8 cm³/mol. The Kier molecular flexibility index (Phi) is 4.10. The molecule has 0 fully saturated rings. The fourth-order valence-corrected chi connectivity index (χ4v) is 2.41. The molecule has 0 spiro atoms. The molecular weight excluding hydrogens is 222 g/mol. The second kappa shape index (κ2) is 4.97. The largest absolute Gasteiger partial charge is 0.214 e. The highest BCUT2D eigenvalue weighted by Crippen LogP contribution is 2.18. The minimum absolute atomic E-state index is 0.186. The van der Waals surface area contributed by atoms with Gasteiger partial charge in [-0.25, -0.2) is 13.1 Å². The van der Waals surface area contributed by atoms with Crippen LogP contribution in [-0.4, -0.2) is 13.7 Å². The van der Waals surface area contributed by atoms with Gasteiger partial charge >= 0.3 is 0 Å². The molecule has 0 aliphatic rings. The van der Waals surface area contributed by atoms with E-state index in [2.05, 4.69) is 4.72 Å². The van der Waals surface area contributed by atoms with Crippen LogP contribution >= 0.6 is 0 Å². The van der Waals surface area contributed by atoms with Crippen LogP contribution in [0.2, 0.25) is 0 Å². The Morgan fingerprint density at radius 1 is 1.12 bits per heavy atom. The third-order valence-electron chi connectivity index (χ3n) is 2.62. The van der Waals surface area contributed by atoms with Gasteiger partial charge in [-0.15, -0.1) is 0 Å². The van der Waals surface area contributed by atoms with Crippen LogP contribution in [0, 0.1) is 6.92 Å². The molecule has 0 bridgehead atoms. The molecule has 1 aromatic carbocycles. The minimum Gasteiger partial charge on any atom is -0.212 e.